The topological polar surface area (TPSA) is 15.6 Å². The largest absolute Gasteiger partial charge is 0.292 e. The van der Waals surface area contributed by atoms with Gasteiger partial charge in [-0.1, -0.05) is 91.3 Å². The molecule has 0 saturated carbocycles. The molecule has 3 aromatic carbocycles. The molecule has 2 heteroatoms. The number of piperidine rings is 1. The first kappa shape index (κ1) is 20.6. The van der Waals surface area contributed by atoms with Crippen LogP contribution in [0.2, 0.25) is 0 Å². The second-order valence-corrected chi connectivity index (χ2v) is 8.37. The van der Waals surface area contributed by atoms with Gasteiger partial charge in [-0.15, -0.1) is 0 Å². The Morgan fingerprint density at radius 2 is 1.63 bits per heavy atom. The van der Waals surface area contributed by atoms with Crippen LogP contribution in [0.4, 0.5) is 0 Å². The normalized spacial score (nSPS) is 16.7. The molecule has 154 valence electrons. The Labute approximate surface area is 181 Å². The Morgan fingerprint density at radius 3 is 2.30 bits per heavy atom. The molecule has 1 unspecified atom stereocenters. The zero-order valence-electron chi connectivity index (χ0n) is 18.2. The summed E-state index contributed by atoms with van der Waals surface area (Å²) in [6.45, 7) is 6.55. The molecule has 1 aliphatic rings. The summed E-state index contributed by atoms with van der Waals surface area (Å²) in [4.78, 5) is 7.52. The second kappa shape index (κ2) is 9.86. The molecule has 1 fully saturated rings. The summed E-state index contributed by atoms with van der Waals surface area (Å²) >= 11 is 0. The molecule has 0 N–H and O–H groups in total. The summed E-state index contributed by atoms with van der Waals surface area (Å²) in [6, 6.07) is 29.4. The summed E-state index contributed by atoms with van der Waals surface area (Å²) in [5.74, 6) is 0. The first-order valence-electron chi connectivity index (χ1n) is 11.2. The van der Waals surface area contributed by atoms with E-state index in [0.29, 0.717) is 12.1 Å². The van der Waals surface area contributed by atoms with Crippen molar-refractivity contribution in [2.75, 3.05) is 13.1 Å². The smallest absolute Gasteiger partial charge is 0.0601 e. The van der Waals surface area contributed by atoms with E-state index < -0.39 is 0 Å². The fourth-order valence-corrected chi connectivity index (χ4v) is 4.41. The van der Waals surface area contributed by atoms with Gasteiger partial charge in [-0.2, -0.15) is 0 Å². The Kier molecular flexibility index (Phi) is 6.76. The molecule has 3 aromatic rings. The molecular weight excluding hydrogens is 364 g/mol. The van der Waals surface area contributed by atoms with Crippen molar-refractivity contribution in [1.82, 2.24) is 4.90 Å². The van der Waals surface area contributed by atoms with Crippen LogP contribution in [0.1, 0.15) is 53.6 Å². The first-order chi connectivity index (χ1) is 14.7. The Morgan fingerprint density at radius 1 is 0.900 bits per heavy atom. The Balaban J connectivity index is 1.51. The van der Waals surface area contributed by atoms with Gasteiger partial charge in [-0.25, -0.2) is 0 Å². The highest BCUT2D eigenvalue weighted by molar-refractivity contribution is 5.79. The van der Waals surface area contributed by atoms with E-state index in [1.54, 1.807) is 0 Å². The highest BCUT2D eigenvalue weighted by Crippen LogP contribution is 2.32. The maximum atomic E-state index is 4.88. The zero-order valence-corrected chi connectivity index (χ0v) is 18.2. The van der Waals surface area contributed by atoms with Gasteiger partial charge in [0.15, 0.2) is 0 Å². The number of benzene rings is 3. The Bertz CT molecular complexity index is 951. The highest BCUT2D eigenvalue weighted by atomic mass is 15.2. The molecular formula is C28H32N2. The predicted octanol–water partition coefficient (Wildman–Crippen LogP) is 6.23. The van der Waals surface area contributed by atoms with Crippen LogP contribution in [0.3, 0.4) is 0 Å². The fraction of sp³-hybridized carbons (Fsp3) is 0.321. The molecule has 0 aromatic heterocycles. The third kappa shape index (κ3) is 5.06. The number of likely N-dealkylation sites (tertiary alicyclic amines) is 1. The third-order valence-corrected chi connectivity index (χ3v) is 6.16. The molecule has 0 spiro atoms. The average Bonchev–Trinajstić information content (AvgIpc) is 2.80. The van der Waals surface area contributed by atoms with Gasteiger partial charge in [0.1, 0.15) is 0 Å². The lowest BCUT2D eigenvalue weighted by Gasteiger charge is -2.37. The van der Waals surface area contributed by atoms with Gasteiger partial charge >= 0.3 is 0 Å². The van der Waals surface area contributed by atoms with Crippen molar-refractivity contribution in [3.05, 3.63) is 107 Å². The van der Waals surface area contributed by atoms with Crippen LogP contribution in [0.15, 0.2) is 83.9 Å². The van der Waals surface area contributed by atoms with Gasteiger partial charge in [0.2, 0.25) is 0 Å². The third-order valence-electron chi connectivity index (χ3n) is 6.16. The second-order valence-electron chi connectivity index (χ2n) is 8.37. The molecule has 30 heavy (non-hydrogen) atoms. The molecule has 1 aliphatic heterocycles. The number of nitrogens with zero attached hydrogens (tertiary/aromatic N) is 2. The number of rotatable bonds is 6. The van der Waals surface area contributed by atoms with Crippen LogP contribution in [0, 0.1) is 6.92 Å². The molecule has 1 atom stereocenters. The number of hydrogen-bond donors (Lipinski definition) is 0. The molecule has 1 heterocycles. The van der Waals surface area contributed by atoms with E-state index in [9.17, 15) is 0 Å². The lowest BCUT2D eigenvalue weighted by molar-refractivity contribution is 0.175. The fourth-order valence-electron chi connectivity index (χ4n) is 4.41. The van der Waals surface area contributed by atoms with Crippen molar-refractivity contribution < 1.29 is 0 Å². The molecule has 0 amide bonds. The van der Waals surface area contributed by atoms with Crippen LogP contribution in [-0.4, -0.2) is 30.2 Å². The van der Waals surface area contributed by atoms with Gasteiger partial charge in [-0.05, 0) is 48.4 Å². The van der Waals surface area contributed by atoms with E-state index in [4.69, 9.17) is 4.99 Å². The van der Waals surface area contributed by atoms with Crippen molar-refractivity contribution in [3.63, 3.8) is 0 Å². The predicted molar refractivity (Wildman–Crippen MR) is 127 cm³/mol. The summed E-state index contributed by atoms with van der Waals surface area (Å²) < 4.78 is 0. The summed E-state index contributed by atoms with van der Waals surface area (Å²) in [5, 5.41) is 0. The van der Waals surface area contributed by atoms with Crippen LogP contribution >= 0.6 is 0 Å². The SMILES string of the molecule is CCc1ccc(C(c2cccc(C)c2)N2CCC(/N=C/c3ccccc3)CC2)cc1. The van der Waals surface area contributed by atoms with E-state index in [1.807, 2.05) is 12.3 Å². The summed E-state index contributed by atoms with van der Waals surface area (Å²) in [7, 11) is 0. The van der Waals surface area contributed by atoms with Crippen molar-refractivity contribution in [2.24, 2.45) is 4.99 Å². The van der Waals surface area contributed by atoms with Crippen LogP contribution in [-0.2, 0) is 6.42 Å². The van der Waals surface area contributed by atoms with Crippen LogP contribution in [0.5, 0.6) is 0 Å². The minimum absolute atomic E-state index is 0.315. The number of aryl methyl sites for hydroxylation is 2. The molecule has 4 rings (SSSR count). The van der Waals surface area contributed by atoms with Crippen molar-refractivity contribution in [2.45, 2.75) is 45.2 Å². The molecule has 0 bridgehead atoms. The van der Waals surface area contributed by atoms with Crippen molar-refractivity contribution >= 4 is 6.21 Å². The quantitative estimate of drug-likeness (QED) is 0.451. The van der Waals surface area contributed by atoms with Crippen molar-refractivity contribution in [3.8, 4) is 0 Å². The van der Waals surface area contributed by atoms with Crippen molar-refractivity contribution in [1.29, 1.82) is 0 Å². The van der Waals surface area contributed by atoms with E-state index in [1.165, 1.54) is 27.8 Å². The zero-order chi connectivity index (χ0) is 20.8. The molecule has 0 radical (unpaired) electrons. The summed E-state index contributed by atoms with van der Waals surface area (Å²) in [5.41, 5.74) is 6.70. The lowest BCUT2D eigenvalue weighted by atomic mass is 9.92. The monoisotopic (exact) mass is 396 g/mol. The highest BCUT2D eigenvalue weighted by Gasteiger charge is 2.27. The Hall–Kier alpha value is -2.71. The van der Waals surface area contributed by atoms with Gasteiger partial charge in [0.25, 0.3) is 0 Å². The maximum absolute atomic E-state index is 4.88. The van der Waals surface area contributed by atoms with E-state index in [2.05, 4.69) is 91.5 Å². The standard InChI is InChI=1S/C28H32N2/c1-3-23-12-14-25(15-13-23)28(26-11-7-8-22(2)20-26)30-18-16-27(17-19-30)29-21-24-9-5-4-6-10-24/h4-15,20-21,27-28H,3,16-19H2,1-2H3/b29-21+. The molecule has 2 nitrogen and oxygen atoms in total. The molecule has 0 aliphatic carbocycles. The van der Waals surface area contributed by atoms with Gasteiger partial charge in [-0.3, -0.25) is 9.89 Å². The first-order valence-corrected chi connectivity index (χ1v) is 11.2. The minimum Gasteiger partial charge on any atom is -0.292 e. The average molecular weight is 397 g/mol. The van der Waals surface area contributed by atoms with Gasteiger partial charge < -0.3 is 0 Å². The minimum atomic E-state index is 0.315. The van der Waals surface area contributed by atoms with Crippen LogP contribution < -0.4 is 0 Å². The van der Waals surface area contributed by atoms with Crippen LogP contribution in [0.25, 0.3) is 0 Å². The van der Waals surface area contributed by atoms with E-state index in [0.717, 1.165) is 32.4 Å². The number of aliphatic imine (C=N–C) groups is 1. The lowest BCUT2D eigenvalue weighted by Crippen LogP contribution is -2.38. The van der Waals surface area contributed by atoms with Gasteiger partial charge in [0.05, 0.1) is 12.1 Å². The number of hydrogen-bond acceptors (Lipinski definition) is 2. The summed E-state index contributed by atoms with van der Waals surface area (Å²) in [6.07, 6.45) is 5.35. The van der Waals surface area contributed by atoms with E-state index >= 15 is 0 Å². The van der Waals surface area contributed by atoms with E-state index in [-0.39, 0.29) is 0 Å². The van der Waals surface area contributed by atoms with Gasteiger partial charge in [0, 0.05) is 19.3 Å². The maximum Gasteiger partial charge on any atom is 0.0601 e. The molecule has 1 saturated heterocycles.